The molecule has 98 valence electrons. The summed E-state index contributed by atoms with van der Waals surface area (Å²) in [6.07, 6.45) is 7.34. The molecule has 0 radical (unpaired) electrons. The normalized spacial score (nSPS) is 18.1. The van der Waals surface area contributed by atoms with Gasteiger partial charge < -0.3 is 0 Å². The smallest absolute Gasteiger partial charge is 0.163 e. The van der Waals surface area contributed by atoms with E-state index in [1.54, 1.807) is 6.07 Å². The first-order chi connectivity index (χ1) is 8.74. The van der Waals surface area contributed by atoms with Crippen molar-refractivity contribution in [1.29, 1.82) is 0 Å². The lowest BCUT2D eigenvalue weighted by Gasteiger charge is -2.20. The molecular formula is C14H18F2N2. The van der Waals surface area contributed by atoms with Crippen molar-refractivity contribution in [2.75, 3.05) is 0 Å². The van der Waals surface area contributed by atoms with Crippen LogP contribution in [0.2, 0.25) is 0 Å². The molecule has 1 aromatic rings. The van der Waals surface area contributed by atoms with Gasteiger partial charge in [-0.1, -0.05) is 30.2 Å². The zero-order chi connectivity index (χ0) is 13.0. The number of hydrazine groups is 1. The lowest BCUT2D eigenvalue weighted by molar-refractivity contribution is 0.478. The van der Waals surface area contributed by atoms with Gasteiger partial charge in [-0.05, 0) is 31.7 Å². The molecule has 0 aromatic heterocycles. The Hall–Kier alpha value is -1.26. The van der Waals surface area contributed by atoms with Gasteiger partial charge in [0.15, 0.2) is 11.6 Å². The topological polar surface area (TPSA) is 38.0 Å². The van der Waals surface area contributed by atoms with E-state index in [4.69, 9.17) is 5.84 Å². The number of nitrogens with one attached hydrogen (secondary N) is 1. The number of nitrogens with two attached hydrogens (primary N) is 1. The van der Waals surface area contributed by atoms with E-state index >= 15 is 0 Å². The fourth-order valence-corrected chi connectivity index (χ4v) is 2.44. The monoisotopic (exact) mass is 252 g/mol. The molecule has 2 rings (SSSR count). The molecule has 1 aliphatic rings. The van der Waals surface area contributed by atoms with Gasteiger partial charge in [0.25, 0.3) is 0 Å². The Bertz CT molecular complexity index is 443. The second-order valence-electron chi connectivity index (χ2n) is 4.62. The number of hydrogen-bond donors (Lipinski definition) is 2. The molecule has 0 aliphatic heterocycles. The van der Waals surface area contributed by atoms with E-state index in [2.05, 4.69) is 11.5 Å². The van der Waals surface area contributed by atoms with E-state index in [9.17, 15) is 8.78 Å². The summed E-state index contributed by atoms with van der Waals surface area (Å²) in [6.45, 7) is 0. The summed E-state index contributed by atoms with van der Waals surface area (Å²) in [5, 5.41) is 0. The Kier molecular flexibility index (Phi) is 4.44. The van der Waals surface area contributed by atoms with E-state index < -0.39 is 17.7 Å². The Labute approximate surface area is 106 Å². The summed E-state index contributed by atoms with van der Waals surface area (Å²) in [5.74, 6) is 3.88. The molecule has 0 bridgehead atoms. The lowest BCUT2D eigenvalue weighted by atomic mass is 9.95. The summed E-state index contributed by atoms with van der Waals surface area (Å²) < 4.78 is 27.1. The molecule has 0 amide bonds. The minimum atomic E-state index is -0.832. The summed E-state index contributed by atoms with van der Waals surface area (Å²) in [7, 11) is 0. The van der Waals surface area contributed by atoms with Crippen LogP contribution < -0.4 is 11.3 Å². The van der Waals surface area contributed by atoms with Crippen molar-refractivity contribution >= 4 is 0 Å². The molecule has 18 heavy (non-hydrogen) atoms. The van der Waals surface area contributed by atoms with Crippen molar-refractivity contribution in [3.8, 4) is 0 Å². The first-order valence-corrected chi connectivity index (χ1v) is 6.33. The van der Waals surface area contributed by atoms with Gasteiger partial charge in [0.1, 0.15) is 0 Å². The molecule has 0 spiro atoms. The van der Waals surface area contributed by atoms with Crippen LogP contribution in [-0.4, -0.2) is 0 Å². The largest absolute Gasteiger partial charge is 0.271 e. The average Bonchev–Trinajstić information content (AvgIpc) is 2.64. The second kappa shape index (κ2) is 6.07. The van der Waals surface area contributed by atoms with Crippen LogP contribution in [0.25, 0.3) is 0 Å². The van der Waals surface area contributed by atoms with Crippen LogP contribution in [0.5, 0.6) is 0 Å². The average molecular weight is 252 g/mol. The van der Waals surface area contributed by atoms with Crippen molar-refractivity contribution < 1.29 is 8.78 Å². The number of benzene rings is 1. The molecule has 1 atom stereocenters. The van der Waals surface area contributed by atoms with Gasteiger partial charge in [-0.3, -0.25) is 5.84 Å². The number of rotatable bonds is 3. The van der Waals surface area contributed by atoms with Crippen LogP contribution in [0.3, 0.4) is 0 Å². The Morgan fingerprint density at radius 2 is 2.00 bits per heavy atom. The molecule has 1 unspecified atom stereocenters. The van der Waals surface area contributed by atoms with Crippen LogP contribution in [0.15, 0.2) is 29.8 Å². The SMILES string of the molecule is NNC(C1=CCCCCC1)c1cccc(F)c1F. The molecule has 3 N–H and O–H groups in total. The fourth-order valence-electron chi connectivity index (χ4n) is 2.44. The van der Waals surface area contributed by atoms with Crippen LogP contribution in [-0.2, 0) is 0 Å². The van der Waals surface area contributed by atoms with Gasteiger partial charge >= 0.3 is 0 Å². The number of hydrogen-bond acceptors (Lipinski definition) is 2. The van der Waals surface area contributed by atoms with Crippen molar-refractivity contribution in [2.45, 2.75) is 38.1 Å². The molecule has 2 nitrogen and oxygen atoms in total. The summed E-state index contributed by atoms with van der Waals surface area (Å²) in [5.41, 5.74) is 3.95. The van der Waals surface area contributed by atoms with Crippen molar-refractivity contribution in [2.24, 2.45) is 5.84 Å². The third kappa shape index (κ3) is 2.76. The van der Waals surface area contributed by atoms with Crippen LogP contribution in [0.1, 0.15) is 43.7 Å². The lowest BCUT2D eigenvalue weighted by Crippen LogP contribution is -2.30. The zero-order valence-corrected chi connectivity index (χ0v) is 10.3. The van der Waals surface area contributed by atoms with Crippen LogP contribution in [0, 0.1) is 11.6 Å². The Balaban J connectivity index is 2.32. The van der Waals surface area contributed by atoms with Gasteiger partial charge in [0.2, 0.25) is 0 Å². The molecule has 1 aliphatic carbocycles. The Morgan fingerprint density at radius 3 is 2.78 bits per heavy atom. The van der Waals surface area contributed by atoms with Gasteiger partial charge in [-0.2, -0.15) is 0 Å². The predicted octanol–water partition coefficient (Wildman–Crippen LogP) is 3.36. The van der Waals surface area contributed by atoms with E-state index in [-0.39, 0.29) is 5.56 Å². The quantitative estimate of drug-likeness (QED) is 0.492. The van der Waals surface area contributed by atoms with E-state index in [1.165, 1.54) is 12.5 Å². The maximum Gasteiger partial charge on any atom is 0.163 e. The molecule has 0 saturated heterocycles. The van der Waals surface area contributed by atoms with Crippen LogP contribution in [0.4, 0.5) is 8.78 Å². The first kappa shape index (κ1) is 13.2. The summed E-state index contributed by atoms with van der Waals surface area (Å²) in [4.78, 5) is 0. The van der Waals surface area contributed by atoms with Crippen molar-refractivity contribution in [3.63, 3.8) is 0 Å². The van der Waals surface area contributed by atoms with Gasteiger partial charge in [0.05, 0.1) is 6.04 Å². The minimum absolute atomic E-state index is 0.283. The summed E-state index contributed by atoms with van der Waals surface area (Å²) in [6, 6.07) is 3.77. The highest BCUT2D eigenvalue weighted by atomic mass is 19.2. The molecular weight excluding hydrogens is 234 g/mol. The molecule has 0 heterocycles. The minimum Gasteiger partial charge on any atom is -0.271 e. The van der Waals surface area contributed by atoms with Crippen LogP contribution >= 0.6 is 0 Å². The maximum absolute atomic E-state index is 13.8. The van der Waals surface area contributed by atoms with Crippen molar-refractivity contribution in [3.05, 3.63) is 47.0 Å². The van der Waals surface area contributed by atoms with Crippen molar-refractivity contribution in [1.82, 2.24) is 5.43 Å². The summed E-state index contributed by atoms with van der Waals surface area (Å²) >= 11 is 0. The standard InChI is InChI=1S/C14H18F2N2/c15-12-9-5-8-11(13(12)16)14(18-17)10-6-3-1-2-4-7-10/h5-6,8-9,14,18H,1-4,7,17H2. The van der Waals surface area contributed by atoms with E-state index in [0.29, 0.717) is 0 Å². The highest BCUT2D eigenvalue weighted by molar-refractivity contribution is 5.30. The highest BCUT2D eigenvalue weighted by Gasteiger charge is 2.21. The molecule has 1 aromatic carbocycles. The highest BCUT2D eigenvalue weighted by Crippen LogP contribution is 2.30. The maximum atomic E-state index is 13.8. The number of allylic oxidation sites excluding steroid dienone is 1. The van der Waals surface area contributed by atoms with E-state index in [0.717, 1.165) is 37.3 Å². The first-order valence-electron chi connectivity index (χ1n) is 6.33. The molecule has 0 saturated carbocycles. The molecule has 0 fully saturated rings. The third-order valence-electron chi connectivity index (χ3n) is 3.41. The van der Waals surface area contributed by atoms with E-state index in [1.807, 2.05) is 0 Å². The predicted molar refractivity (Wildman–Crippen MR) is 67.6 cm³/mol. The van der Waals surface area contributed by atoms with Gasteiger partial charge in [-0.25, -0.2) is 14.2 Å². The fraction of sp³-hybridized carbons (Fsp3) is 0.429. The second-order valence-corrected chi connectivity index (χ2v) is 4.62. The third-order valence-corrected chi connectivity index (χ3v) is 3.41. The Morgan fingerprint density at radius 1 is 1.17 bits per heavy atom. The molecule has 4 heteroatoms. The van der Waals surface area contributed by atoms with Gasteiger partial charge in [-0.15, -0.1) is 0 Å². The zero-order valence-electron chi connectivity index (χ0n) is 10.3. The van der Waals surface area contributed by atoms with Gasteiger partial charge in [0, 0.05) is 5.56 Å². The number of halogens is 2.